The number of rotatable bonds is 6. The number of ether oxygens (including phenoxy) is 1. The molecule has 0 spiro atoms. The van der Waals surface area contributed by atoms with Gasteiger partial charge in [0, 0.05) is 17.6 Å². The Morgan fingerprint density at radius 3 is 2.18 bits per heavy atom. The Morgan fingerprint density at radius 1 is 1.09 bits per heavy atom. The maximum Gasteiger partial charge on any atom is 0.265 e. The minimum atomic E-state index is -0.703. The van der Waals surface area contributed by atoms with Crippen molar-refractivity contribution in [1.82, 2.24) is 5.32 Å². The minimum absolute atomic E-state index is 0.200. The van der Waals surface area contributed by atoms with E-state index in [1.165, 1.54) is 0 Å². The van der Waals surface area contributed by atoms with Gasteiger partial charge in [0.25, 0.3) is 5.91 Å². The average Bonchev–Trinajstić information content (AvgIpc) is 2.51. The summed E-state index contributed by atoms with van der Waals surface area (Å²) in [5.41, 5.74) is 6.26. The molecule has 0 bridgehead atoms. The fraction of sp³-hybridized carbons (Fsp3) is 0.278. The van der Waals surface area contributed by atoms with Crippen LogP contribution in [0.15, 0.2) is 60.7 Å². The van der Waals surface area contributed by atoms with Crippen molar-refractivity contribution in [2.45, 2.75) is 25.5 Å². The summed E-state index contributed by atoms with van der Waals surface area (Å²) in [7, 11) is 0. The molecule has 0 radical (unpaired) electrons. The van der Waals surface area contributed by atoms with Gasteiger partial charge in [-0.05, 0) is 26.0 Å². The molecular weight excluding hydrogens is 276 g/mol. The molecular formula is C18H22N2O2. The van der Waals surface area contributed by atoms with Crippen molar-refractivity contribution in [2.75, 3.05) is 6.54 Å². The van der Waals surface area contributed by atoms with Crippen LogP contribution in [0.4, 0.5) is 0 Å². The summed E-state index contributed by atoms with van der Waals surface area (Å²) in [6.07, 6.45) is -0.703. The molecule has 1 amide bonds. The van der Waals surface area contributed by atoms with Crippen LogP contribution in [0.1, 0.15) is 25.5 Å². The van der Waals surface area contributed by atoms with Gasteiger partial charge in [0.05, 0.1) is 0 Å². The van der Waals surface area contributed by atoms with E-state index in [0.717, 1.165) is 5.56 Å². The molecule has 22 heavy (non-hydrogen) atoms. The normalized spacial score (nSPS) is 12.5. The first-order chi connectivity index (χ1) is 10.5. The SMILES string of the molecule is CC(C)(N)CNC(=O)C(Oc1ccccc1)c1ccccc1. The van der Waals surface area contributed by atoms with Crippen LogP contribution in [0.25, 0.3) is 0 Å². The topological polar surface area (TPSA) is 64.3 Å². The Balaban J connectivity index is 2.17. The second-order valence-electron chi connectivity index (χ2n) is 5.93. The molecule has 2 aromatic carbocycles. The van der Waals surface area contributed by atoms with Crippen LogP contribution in [0, 0.1) is 0 Å². The molecule has 0 saturated heterocycles. The van der Waals surface area contributed by atoms with Gasteiger partial charge < -0.3 is 15.8 Å². The number of nitrogens with one attached hydrogen (secondary N) is 1. The molecule has 0 heterocycles. The van der Waals surface area contributed by atoms with E-state index < -0.39 is 11.6 Å². The minimum Gasteiger partial charge on any atom is -0.476 e. The quantitative estimate of drug-likeness (QED) is 0.861. The van der Waals surface area contributed by atoms with Gasteiger partial charge in [-0.2, -0.15) is 0 Å². The van der Waals surface area contributed by atoms with Gasteiger partial charge in [-0.25, -0.2) is 0 Å². The van der Waals surface area contributed by atoms with E-state index in [9.17, 15) is 4.79 Å². The van der Waals surface area contributed by atoms with Crippen molar-refractivity contribution in [3.8, 4) is 5.75 Å². The lowest BCUT2D eigenvalue weighted by atomic mass is 10.1. The van der Waals surface area contributed by atoms with E-state index >= 15 is 0 Å². The highest BCUT2D eigenvalue weighted by Gasteiger charge is 2.24. The van der Waals surface area contributed by atoms with Crippen LogP contribution in [0.5, 0.6) is 5.75 Å². The molecule has 0 aliphatic rings. The Kier molecular flexibility index (Phi) is 5.17. The molecule has 116 valence electrons. The van der Waals surface area contributed by atoms with Gasteiger partial charge in [0.15, 0.2) is 0 Å². The van der Waals surface area contributed by atoms with Crippen LogP contribution in [-0.2, 0) is 4.79 Å². The zero-order valence-corrected chi connectivity index (χ0v) is 13.0. The van der Waals surface area contributed by atoms with E-state index in [-0.39, 0.29) is 5.91 Å². The lowest BCUT2D eigenvalue weighted by Crippen LogP contribution is -2.46. The first-order valence-electron chi connectivity index (χ1n) is 7.29. The van der Waals surface area contributed by atoms with Gasteiger partial charge in [-0.1, -0.05) is 48.5 Å². The molecule has 3 N–H and O–H groups in total. The van der Waals surface area contributed by atoms with Crippen LogP contribution < -0.4 is 15.8 Å². The molecule has 0 aromatic heterocycles. The fourth-order valence-electron chi connectivity index (χ4n) is 1.94. The first kappa shape index (κ1) is 16.0. The summed E-state index contributed by atoms with van der Waals surface area (Å²) < 4.78 is 5.87. The summed E-state index contributed by atoms with van der Waals surface area (Å²) in [6.45, 7) is 4.11. The Morgan fingerprint density at radius 2 is 1.64 bits per heavy atom. The highest BCUT2D eigenvalue weighted by molar-refractivity contribution is 5.82. The molecule has 0 aliphatic carbocycles. The molecule has 1 unspecified atom stereocenters. The number of amides is 1. The summed E-state index contributed by atoms with van der Waals surface area (Å²) in [6, 6.07) is 18.7. The standard InChI is InChI=1S/C18H22N2O2/c1-18(2,19)13-20-17(21)16(14-9-5-3-6-10-14)22-15-11-7-4-8-12-15/h3-12,16H,13,19H2,1-2H3,(H,20,21). The zero-order chi connectivity index (χ0) is 16.0. The molecule has 1 atom stereocenters. The Bertz CT molecular complexity index is 591. The molecule has 2 aromatic rings. The van der Waals surface area contributed by atoms with Crippen LogP contribution in [0.2, 0.25) is 0 Å². The maximum atomic E-state index is 12.5. The molecule has 0 aliphatic heterocycles. The van der Waals surface area contributed by atoms with E-state index in [4.69, 9.17) is 10.5 Å². The largest absolute Gasteiger partial charge is 0.476 e. The second kappa shape index (κ2) is 7.09. The van der Waals surface area contributed by atoms with Gasteiger partial charge in [-0.3, -0.25) is 4.79 Å². The second-order valence-corrected chi connectivity index (χ2v) is 5.93. The molecule has 4 heteroatoms. The average molecular weight is 298 g/mol. The molecule has 2 rings (SSSR count). The number of benzene rings is 2. The Hall–Kier alpha value is -2.33. The summed E-state index contributed by atoms with van der Waals surface area (Å²) >= 11 is 0. The number of para-hydroxylation sites is 1. The third-order valence-electron chi connectivity index (χ3n) is 3.06. The number of hydrogen-bond donors (Lipinski definition) is 2. The monoisotopic (exact) mass is 298 g/mol. The van der Waals surface area contributed by atoms with E-state index in [1.807, 2.05) is 74.5 Å². The third kappa shape index (κ3) is 4.90. The molecule has 4 nitrogen and oxygen atoms in total. The number of carbonyl (C=O) groups is 1. The van der Waals surface area contributed by atoms with Crippen molar-refractivity contribution < 1.29 is 9.53 Å². The lowest BCUT2D eigenvalue weighted by molar-refractivity contribution is -0.128. The predicted octanol–water partition coefficient (Wildman–Crippen LogP) is 2.66. The van der Waals surface area contributed by atoms with Gasteiger partial charge in [0.1, 0.15) is 5.75 Å². The van der Waals surface area contributed by atoms with Crippen LogP contribution in [-0.4, -0.2) is 18.0 Å². The van der Waals surface area contributed by atoms with E-state index in [2.05, 4.69) is 5.32 Å². The van der Waals surface area contributed by atoms with E-state index in [0.29, 0.717) is 12.3 Å². The summed E-state index contributed by atoms with van der Waals surface area (Å²) in [4.78, 5) is 12.5. The maximum absolute atomic E-state index is 12.5. The number of carbonyl (C=O) groups excluding carboxylic acids is 1. The predicted molar refractivity (Wildman–Crippen MR) is 87.5 cm³/mol. The van der Waals surface area contributed by atoms with Crippen molar-refractivity contribution >= 4 is 5.91 Å². The van der Waals surface area contributed by atoms with Gasteiger partial charge in [-0.15, -0.1) is 0 Å². The van der Waals surface area contributed by atoms with Crippen molar-refractivity contribution in [3.63, 3.8) is 0 Å². The highest BCUT2D eigenvalue weighted by Crippen LogP contribution is 2.22. The fourth-order valence-corrected chi connectivity index (χ4v) is 1.94. The summed E-state index contributed by atoms with van der Waals surface area (Å²) in [5, 5.41) is 2.85. The lowest BCUT2D eigenvalue weighted by Gasteiger charge is -2.23. The summed E-state index contributed by atoms with van der Waals surface area (Å²) in [5.74, 6) is 0.451. The third-order valence-corrected chi connectivity index (χ3v) is 3.06. The van der Waals surface area contributed by atoms with Gasteiger partial charge in [0.2, 0.25) is 6.10 Å². The van der Waals surface area contributed by atoms with Crippen LogP contribution in [0.3, 0.4) is 0 Å². The highest BCUT2D eigenvalue weighted by atomic mass is 16.5. The Labute approximate surface area is 131 Å². The molecule has 0 fully saturated rings. The zero-order valence-electron chi connectivity index (χ0n) is 13.0. The van der Waals surface area contributed by atoms with Crippen molar-refractivity contribution in [2.24, 2.45) is 5.73 Å². The van der Waals surface area contributed by atoms with Gasteiger partial charge >= 0.3 is 0 Å². The molecule has 0 saturated carbocycles. The van der Waals surface area contributed by atoms with E-state index in [1.54, 1.807) is 0 Å². The smallest absolute Gasteiger partial charge is 0.265 e. The number of nitrogens with two attached hydrogens (primary N) is 1. The van der Waals surface area contributed by atoms with Crippen molar-refractivity contribution in [3.05, 3.63) is 66.2 Å². The van der Waals surface area contributed by atoms with Crippen LogP contribution >= 0.6 is 0 Å². The first-order valence-corrected chi connectivity index (χ1v) is 7.29. The van der Waals surface area contributed by atoms with Crippen molar-refractivity contribution in [1.29, 1.82) is 0 Å². The number of hydrogen-bond acceptors (Lipinski definition) is 3.